The van der Waals surface area contributed by atoms with Gasteiger partial charge in [0.1, 0.15) is 17.4 Å². The van der Waals surface area contributed by atoms with Gasteiger partial charge in [-0.15, -0.1) is 23.1 Å². The predicted octanol–water partition coefficient (Wildman–Crippen LogP) is 4.98. The third-order valence-corrected chi connectivity index (χ3v) is 6.63. The number of rotatable bonds is 5. The van der Waals surface area contributed by atoms with Crippen LogP contribution in [0.25, 0.3) is 10.6 Å². The molecule has 0 fully saturated rings. The summed E-state index contributed by atoms with van der Waals surface area (Å²) < 4.78 is 11.7. The van der Waals surface area contributed by atoms with Gasteiger partial charge < -0.3 is 14.8 Å². The maximum atomic E-state index is 12.4. The number of methoxy groups -OCH3 is 1. The quantitative estimate of drug-likeness (QED) is 0.508. The number of ether oxygens (including phenoxy) is 2. The zero-order valence-electron chi connectivity index (χ0n) is 15.2. The summed E-state index contributed by atoms with van der Waals surface area (Å²) in [5, 5.41) is 5.41. The van der Waals surface area contributed by atoms with E-state index >= 15 is 0 Å². The highest BCUT2D eigenvalue weighted by Gasteiger charge is 2.18. The van der Waals surface area contributed by atoms with Crippen LogP contribution in [0.3, 0.4) is 0 Å². The lowest BCUT2D eigenvalue weighted by Crippen LogP contribution is -2.19. The molecule has 0 saturated carbocycles. The van der Waals surface area contributed by atoms with Crippen LogP contribution in [0.1, 0.15) is 16.1 Å². The molecule has 0 bridgehead atoms. The van der Waals surface area contributed by atoms with Gasteiger partial charge in [-0.25, -0.2) is 9.78 Å². The molecule has 2 aromatic carbocycles. The molecule has 2 heterocycles. The van der Waals surface area contributed by atoms with E-state index in [0.29, 0.717) is 22.7 Å². The highest BCUT2D eigenvalue weighted by Crippen LogP contribution is 2.35. The summed E-state index contributed by atoms with van der Waals surface area (Å²) >= 11 is 6.36. The Morgan fingerprint density at radius 3 is 2.97 bits per heavy atom. The van der Waals surface area contributed by atoms with Gasteiger partial charge in [-0.2, -0.15) is 0 Å². The molecule has 148 valence electrons. The van der Waals surface area contributed by atoms with Crippen molar-refractivity contribution in [1.82, 2.24) is 4.98 Å². The highest BCUT2D eigenvalue weighted by atomic mass is 79.9. The number of benzene rings is 2. The number of amides is 1. The molecule has 0 saturated heterocycles. The van der Waals surface area contributed by atoms with E-state index in [4.69, 9.17) is 9.47 Å². The monoisotopic (exact) mass is 490 g/mol. The second-order valence-electron chi connectivity index (χ2n) is 6.11. The second kappa shape index (κ2) is 8.56. The molecule has 0 radical (unpaired) electrons. The standard InChI is InChI=1S/C20H15BrN2O4S2/c1-26-16-4-3-12(21)7-14(16)19-22-13(9-29-19)8-27-20(25)11-2-5-17-15(6-11)23-18(24)10-28-17/h2-7,9H,8,10H2,1H3,(H,23,24). The number of fused-ring (bicyclic) bond motifs is 1. The lowest BCUT2D eigenvalue weighted by atomic mass is 10.2. The van der Waals surface area contributed by atoms with Crippen molar-refractivity contribution in [2.75, 3.05) is 18.2 Å². The van der Waals surface area contributed by atoms with E-state index in [9.17, 15) is 9.59 Å². The second-order valence-corrected chi connectivity index (χ2v) is 8.90. The van der Waals surface area contributed by atoms with Gasteiger partial charge in [0, 0.05) is 14.7 Å². The van der Waals surface area contributed by atoms with Crippen LogP contribution in [0.4, 0.5) is 5.69 Å². The number of halogens is 1. The van der Waals surface area contributed by atoms with Crippen LogP contribution in [0.5, 0.6) is 5.75 Å². The van der Waals surface area contributed by atoms with Crippen molar-refractivity contribution in [2.45, 2.75) is 11.5 Å². The van der Waals surface area contributed by atoms with E-state index in [0.717, 1.165) is 25.7 Å². The largest absolute Gasteiger partial charge is 0.496 e. The van der Waals surface area contributed by atoms with Crippen molar-refractivity contribution < 1.29 is 19.1 Å². The first-order chi connectivity index (χ1) is 14.0. The number of carbonyl (C=O) groups is 2. The zero-order chi connectivity index (χ0) is 20.4. The van der Waals surface area contributed by atoms with Crippen LogP contribution in [0.2, 0.25) is 0 Å². The Labute approximate surface area is 183 Å². The fourth-order valence-electron chi connectivity index (χ4n) is 2.78. The maximum Gasteiger partial charge on any atom is 0.338 e. The van der Waals surface area contributed by atoms with E-state index in [1.165, 1.54) is 23.1 Å². The first-order valence-electron chi connectivity index (χ1n) is 8.55. The van der Waals surface area contributed by atoms with Gasteiger partial charge in [-0.3, -0.25) is 4.79 Å². The van der Waals surface area contributed by atoms with Gasteiger partial charge in [0.2, 0.25) is 5.91 Å². The molecule has 1 aromatic heterocycles. The van der Waals surface area contributed by atoms with Crippen LogP contribution in [0.15, 0.2) is 51.1 Å². The normalized spacial score (nSPS) is 12.8. The molecule has 1 amide bonds. The summed E-state index contributed by atoms with van der Waals surface area (Å²) in [4.78, 5) is 29.4. The number of thioether (sulfide) groups is 1. The molecule has 9 heteroatoms. The van der Waals surface area contributed by atoms with E-state index < -0.39 is 5.97 Å². The topological polar surface area (TPSA) is 77.5 Å². The molecular weight excluding hydrogens is 476 g/mol. The molecule has 4 rings (SSSR count). The van der Waals surface area contributed by atoms with Crippen molar-refractivity contribution in [2.24, 2.45) is 0 Å². The summed E-state index contributed by atoms with van der Waals surface area (Å²) in [5.74, 6) is 0.560. The smallest absolute Gasteiger partial charge is 0.338 e. The third kappa shape index (κ3) is 4.47. The lowest BCUT2D eigenvalue weighted by molar-refractivity contribution is -0.113. The third-order valence-electron chi connectivity index (χ3n) is 4.14. The number of hydrogen-bond acceptors (Lipinski definition) is 7. The van der Waals surface area contributed by atoms with E-state index in [1.54, 1.807) is 19.2 Å². The number of anilines is 1. The summed E-state index contributed by atoms with van der Waals surface area (Å²) in [6.45, 7) is 0.0594. The van der Waals surface area contributed by atoms with Crippen LogP contribution >= 0.6 is 39.0 Å². The van der Waals surface area contributed by atoms with Gasteiger partial charge in [0.05, 0.1) is 35.4 Å². The molecule has 6 nitrogen and oxygen atoms in total. The summed E-state index contributed by atoms with van der Waals surface area (Å²) in [5.41, 5.74) is 2.55. The van der Waals surface area contributed by atoms with Crippen molar-refractivity contribution in [1.29, 1.82) is 0 Å². The van der Waals surface area contributed by atoms with Crippen molar-refractivity contribution >= 4 is 56.6 Å². The number of esters is 1. The van der Waals surface area contributed by atoms with E-state index in [-0.39, 0.29) is 12.5 Å². The first-order valence-corrected chi connectivity index (χ1v) is 11.2. The number of thiazole rings is 1. The van der Waals surface area contributed by atoms with Crippen LogP contribution in [0, 0.1) is 0 Å². The highest BCUT2D eigenvalue weighted by molar-refractivity contribution is 9.10. The molecule has 3 aromatic rings. The number of nitrogens with one attached hydrogen (secondary N) is 1. The Bertz CT molecular complexity index is 1100. The van der Waals surface area contributed by atoms with Crippen LogP contribution in [-0.4, -0.2) is 29.7 Å². The van der Waals surface area contributed by atoms with Gasteiger partial charge in [0.25, 0.3) is 0 Å². The number of nitrogens with zero attached hydrogens (tertiary/aromatic N) is 1. The summed E-state index contributed by atoms with van der Waals surface area (Å²) in [6.07, 6.45) is 0. The lowest BCUT2D eigenvalue weighted by Gasteiger charge is -2.16. The van der Waals surface area contributed by atoms with E-state index in [2.05, 4.69) is 26.2 Å². The van der Waals surface area contributed by atoms with Crippen LogP contribution in [-0.2, 0) is 16.1 Å². The average Bonchev–Trinajstić information content (AvgIpc) is 3.20. The van der Waals surface area contributed by atoms with Crippen molar-refractivity contribution in [3.63, 3.8) is 0 Å². The average molecular weight is 491 g/mol. The Kier molecular flexibility index (Phi) is 5.89. The van der Waals surface area contributed by atoms with Gasteiger partial charge >= 0.3 is 5.97 Å². The van der Waals surface area contributed by atoms with E-state index in [1.807, 2.05) is 29.6 Å². The van der Waals surface area contributed by atoms with Crippen molar-refractivity contribution in [3.8, 4) is 16.3 Å². The van der Waals surface area contributed by atoms with Crippen molar-refractivity contribution in [3.05, 3.63) is 57.5 Å². The molecular formula is C20H15BrN2O4S2. The minimum atomic E-state index is -0.466. The first kappa shape index (κ1) is 19.9. The summed E-state index contributed by atoms with van der Waals surface area (Å²) in [6, 6.07) is 10.9. The molecule has 0 unspecified atom stereocenters. The number of carbonyl (C=O) groups excluding carboxylic acids is 2. The number of aromatic nitrogens is 1. The maximum absolute atomic E-state index is 12.4. The SMILES string of the molecule is COc1ccc(Br)cc1-c1nc(COC(=O)c2ccc3c(c2)NC(=O)CS3)cs1. The molecule has 0 atom stereocenters. The molecule has 29 heavy (non-hydrogen) atoms. The Morgan fingerprint density at radius 1 is 1.28 bits per heavy atom. The Morgan fingerprint density at radius 2 is 2.14 bits per heavy atom. The van der Waals surface area contributed by atoms with Gasteiger partial charge in [-0.1, -0.05) is 15.9 Å². The number of hydrogen-bond donors (Lipinski definition) is 1. The zero-order valence-corrected chi connectivity index (χ0v) is 18.4. The predicted molar refractivity (Wildman–Crippen MR) is 117 cm³/mol. The molecule has 1 aliphatic heterocycles. The Hall–Kier alpha value is -2.36. The molecule has 1 N–H and O–H groups in total. The van der Waals surface area contributed by atoms with Gasteiger partial charge in [-0.05, 0) is 36.4 Å². The fourth-order valence-corrected chi connectivity index (χ4v) is 4.75. The van der Waals surface area contributed by atoms with Crippen LogP contribution < -0.4 is 10.1 Å². The molecule has 0 spiro atoms. The fraction of sp³-hybridized carbons (Fsp3) is 0.150. The minimum absolute atomic E-state index is 0.0594. The molecule has 0 aliphatic carbocycles. The molecule has 1 aliphatic rings. The minimum Gasteiger partial charge on any atom is -0.496 e. The Balaban J connectivity index is 1.45. The summed E-state index contributed by atoms with van der Waals surface area (Å²) in [7, 11) is 1.61. The van der Waals surface area contributed by atoms with Gasteiger partial charge in [0.15, 0.2) is 0 Å².